The maximum Gasteiger partial charge on any atom is 0.239 e. The Kier molecular flexibility index (Phi) is 4.62. The number of hydrogen-bond donors (Lipinski definition) is 1. The van der Waals surface area contributed by atoms with Crippen LogP contribution in [0.3, 0.4) is 0 Å². The van der Waals surface area contributed by atoms with Crippen LogP contribution in [0, 0.1) is 5.41 Å². The number of rotatable bonds is 6. The van der Waals surface area contributed by atoms with Gasteiger partial charge in [0, 0.05) is 19.6 Å². The van der Waals surface area contributed by atoms with Crippen LogP contribution in [0.2, 0.25) is 0 Å². The van der Waals surface area contributed by atoms with Gasteiger partial charge in [-0.05, 0) is 31.6 Å². The number of nitrogens with zero attached hydrogens (tertiary/aromatic N) is 1. The molecule has 2 rings (SSSR count). The molecule has 0 spiro atoms. The van der Waals surface area contributed by atoms with E-state index >= 15 is 0 Å². The number of hydrogen-bond acceptors (Lipinski definition) is 3. The third kappa shape index (κ3) is 3.45. The fourth-order valence-corrected chi connectivity index (χ4v) is 2.74. The number of carbonyl (C=O) groups excluding carboxylic acids is 1. The zero-order chi connectivity index (χ0) is 13.0. The van der Waals surface area contributed by atoms with E-state index in [1.807, 2.05) is 11.8 Å². The van der Waals surface area contributed by atoms with Crippen LogP contribution in [-0.2, 0) is 9.53 Å². The molecule has 1 aliphatic heterocycles. The normalized spacial score (nSPS) is 23.8. The molecule has 1 saturated carbocycles. The monoisotopic (exact) mass is 254 g/mol. The number of carbonyl (C=O) groups is 1. The van der Waals surface area contributed by atoms with Gasteiger partial charge in [0.2, 0.25) is 5.91 Å². The van der Waals surface area contributed by atoms with Crippen molar-refractivity contribution in [2.75, 3.05) is 32.8 Å². The van der Waals surface area contributed by atoms with Crippen molar-refractivity contribution in [1.82, 2.24) is 10.2 Å². The summed E-state index contributed by atoms with van der Waals surface area (Å²) in [6.07, 6.45) is 5.19. The number of ether oxygens (including phenoxy) is 1. The molecule has 18 heavy (non-hydrogen) atoms. The van der Waals surface area contributed by atoms with Gasteiger partial charge in [0.05, 0.1) is 19.3 Å². The minimum Gasteiger partial charge on any atom is -0.378 e. The van der Waals surface area contributed by atoms with Gasteiger partial charge in [0.1, 0.15) is 0 Å². The van der Waals surface area contributed by atoms with E-state index in [9.17, 15) is 4.79 Å². The molecule has 4 nitrogen and oxygen atoms in total. The van der Waals surface area contributed by atoms with Gasteiger partial charge >= 0.3 is 0 Å². The van der Waals surface area contributed by atoms with E-state index in [2.05, 4.69) is 12.2 Å². The van der Waals surface area contributed by atoms with Gasteiger partial charge in [-0.2, -0.15) is 0 Å². The zero-order valence-corrected chi connectivity index (χ0v) is 11.7. The van der Waals surface area contributed by atoms with Crippen molar-refractivity contribution in [3.05, 3.63) is 0 Å². The molecule has 0 aromatic heterocycles. The van der Waals surface area contributed by atoms with Crippen LogP contribution in [0.15, 0.2) is 0 Å². The minimum atomic E-state index is -0.0579. The fraction of sp³-hybridized carbons (Fsp3) is 0.929. The predicted octanol–water partition coefficient (Wildman–Crippen LogP) is 1.40. The largest absolute Gasteiger partial charge is 0.378 e. The lowest BCUT2D eigenvalue weighted by molar-refractivity contribution is -0.137. The molecule has 0 aromatic rings. The summed E-state index contributed by atoms with van der Waals surface area (Å²) >= 11 is 0. The average molecular weight is 254 g/mol. The molecule has 104 valence electrons. The van der Waals surface area contributed by atoms with E-state index in [0.29, 0.717) is 18.6 Å². The van der Waals surface area contributed by atoms with Crippen LogP contribution in [-0.4, -0.2) is 49.7 Å². The maximum absolute atomic E-state index is 12.2. The molecule has 0 radical (unpaired) electrons. The van der Waals surface area contributed by atoms with Crippen LogP contribution < -0.4 is 5.32 Å². The molecule has 1 atom stereocenters. The van der Waals surface area contributed by atoms with Crippen LogP contribution in [0.5, 0.6) is 0 Å². The molecule has 2 aliphatic rings. The molecule has 1 amide bonds. The van der Waals surface area contributed by atoms with Crippen molar-refractivity contribution in [3.63, 3.8) is 0 Å². The lowest BCUT2D eigenvalue weighted by Gasteiger charge is -2.30. The van der Waals surface area contributed by atoms with Gasteiger partial charge in [-0.3, -0.25) is 4.79 Å². The first-order valence-corrected chi connectivity index (χ1v) is 7.27. The van der Waals surface area contributed by atoms with Crippen molar-refractivity contribution in [2.45, 2.75) is 45.6 Å². The minimum absolute atomic E-state index is 0.0579. The van der Waals surface area contributed by atoms with E-state index in [-0.39, 0.29) is 11.9 Å². The third-order valence-corrected chi connectivity index (χ3v) is 4.21. The Morgan fingerprint density at radius 3 is 2.61 bits per heavy atom. The predicted molar refractivity (Wildman–Crippen MR) is 71.4 cm³/mol. The second kappa shape index (κ2) is 6.02. The van der Waals surface area contributed by atoms with E-state index in [4.69, 9.17) is 4.74 Å². The summed E-state index contributed by atoms with van der Waals surface area (Å²) in [7, 11) is 0. The standard InChI is InChI=1S/C14H26N2O2/c1-3-4-14(5-6-14)11-15-12(2)13(17)16-7-9-18-10-8-16/h12,15H,3-11H2,1-2H3. The first-order chi connectivity index (χ1) is 8.67. The smallest absolute Gasteiger partial charge is 0.239 e. The lowest BCUT2D eigenvalue weighted by atomic mass is 10.0. The lowest BCUT2D eigenvalue weighted by Crippen LogP contribution is -2.50. The average Bonchev–Trinajstić information content (AvgIpc) is 3.17. The van der Waals surface area contributed by atoms with Crippen molar-refractivity contribution in [1.29, 1.82) is 0 Å². The van der Waals surface area contributed by atoms with Gasteiger partial charge < -0.3 is 15.0 Å². The van der Waals surface area contributed by atoms with Crippen LogP contribution in [0.4, 0.5) is 0 Å². The second-order valence-corrected chi connectivity index (χ2v) is 5.79. The highest BCUT2D eigenvalue weighted by atomic mass is 16.5. The summed E-state index contributed by atoms with van der Waals surface area (Å²) in [5, 5.41) is 3.44. The Labute approximate surface area is 110 Å². The third-order valence-electron chi connectivity index (χ3n) is 4.21. The quantitative estimate of drug-likeness (QED) is 0.779. The molecule has 0 bridgehead atoms. The molecular formula is C14H26N2O2. The Balaban J connectivity index is 1.73. The Hall–Kier alpha value is -0.610. The molecule has 1 aliphatic carbocycles. The van der Waals surface area contributed by atoms with E-state index in [1.54, 1.807) is 0 Å². The highest BCUT2D eigenvalue weighted by Gasteiger charge is 2.41. The molecular weight excluding hydrogens is 228 g/mol. The Morgan fingerprint density at radius 2 is 2.06 bits per heavy atom. The van der Waals surface area contributed by atoms with Crippen molar-refractivity contribution in [3.8, 4) is 0 Å². The van der Waals surface area contributed by atoms with Gasteiger partial charge in [0.25, 0.3) is 0 Å². The highest BCUT2D eigenvalue weighted by Crippen LogP contribution is 2.48. The van der Waals surface area contributed by atoms with Gasteiger partial charge in [0.15, 0.2) is 0 Å². The van der Waals surface area contributed by atoms with Crippen LogP contribution >= 0.6 is 0 Å². The number of amides is 1. The van der Waals surface area contributed by atoms with Crippen molar-refractivity contribution < 1.29 is 9.53 Å². The van der Waals surface area contributed by atoms with Gasteiger partial charge in [-0.15, -0.1) is 0 Å². The van der Waals surface area contributed by atoms with E-state index in [1.165, 1.54) is 25.7 Å². The summed E-state index contributed by atoms with van der Waals surface area (Å²) in [5.41, 5.74) is 0.508. The molecule has 4 heteroatoms. The molecule has 1 saturated heterocycles. The number of nitrogens with one attached hydrogen (secondary N) is 1. The Bertz CT molecular complexity index is 284. The highest BCUT2D eigenvalue weighted by molar-refractivity contribution is 5.81. The summed E-state index contributed by atoms with van der Waals surface area (Å²) < 4.78 is 5.27. The van der Waals surface area contributed by atoms with Gasteiger partial charge in [-0.1, -0.05) is 13.3 Å². The molecule has 2 fully saturated rings. The van der Waals surface area contributed by atoms with E-state index in [0.717, 1.165) is 19.6 Å². The zero-order valence-electron chi connectivity index (χ0n) is 11.7. The summed E-state index contributed by atoms with van der Waals surface area (Å²) in [4.78, 5) is 14.1. The summed E-state index contributed by atoms with van der Waals surface area (Å²) in [5.74, 6) is 0.227. The van der Waals surface area contributed by atoms with Crippen molar-refractivity contribution >= 4 is 5.91 Å². The second-order valence-electron chi connectivity index (χ2n) is 5.79. The van der Waals surface area contributed by atoms with Crippen LogP contribution in [0.1, 0.15) is 39.5 Å². The topological polar surface area (TPSA) is 41.6 Å². The molecule has 1 unspecified atom stereocenters. The maximum atomic E-state index is 12.2. The van der Waals surface area contributed by atoms with Crippen LogP contribution in [0.25, 0.3) is 0 Å². The van der Waals surface area contributed by atoms with Gasteiger partial charge in [-0.25, -0.2) is 0 Å². The molecule has 1 N–H and O–H groups in total. The summed E-state index contributed by atoms with van der Waals surface area (Å²) in [6.45, 7) is 8.06. The first-order valence-electron chi connectivity index (χ1n) is 7.27. The first kappa shape index (κ1) is 13.8. The SMILES string of the molecule is CCCC1(CNC(C)C(=O)N2CCOCC2)CC1. The fourth-order valence-electron chi connectivity index (χ4n) is 2.74. The van der Waals surface area contributed by atoms with E-state index < -0.39 is 0 Å². The summed E-state index contributed by atoms with van der Waals surface area (Å²) in [6, 6.07) is -0.0579. The molecule has 0 aromatic carbocycles. The number of morpholine rings is 1. The Morgan fingerprint density at radius 1 is 1.39 bits per heavy atom. The van der Waals surface area contributed by atoms with Crippen molar-refractivity contribution in [2.24, 2.45) is 5.41 Å². The molecule has 1 heterocycles.